The first kappa shape index (κ1) is 10.6. The van der Waals surface area contributed by atoms with Gasteiger partial charge >= 0.3 is 0 Å². The number of ether oxygens (including phenoxy) is 1. The number of nitrogens with zero attached hydrogens (tertiary/aromatic N) is 2. The highest BCUT2D eigenvalue weighted by molar-refractivity contribution is 5.79. The number of rotatable bonds is 2. The van der Waals surface area contributed by atoms with E-state index in [1.807, 2.05) is 30.3 Å². The van der Waals surface area contributed by atoms with Crippen molar-refractivity contribution in [3.05, 3.63) is 36.5 Å². The number of aromatic amines is 1. The highest BCUT2D eigenvalue weighted by Gasteiger charge is 2.10. The zero-order chi connectivity index (χ0) is 12.5. The van der Waals surface area contributed by atoms with E-state index in [4.69, 9.17) is 10.5 Å². The zero-order valence-corrected chi connectivity index (χ0v) is 9.84. The normalized spacial score (nSPS) is 10.7. The standard InChI is InChI=1S/C13H12N4O/c1-18-11-5-3-2-4-9(11)12-16-10-6-8(14)7-15-13(10)17-12/h2-7H,14H2,1H3,(H,15,16,17). The Morgan fingerprint density at radius 2 is 2.11 bits per heavy atom. The quantitative estimate of drug-likeness (QED) is 0.720. The topological polar surface area (TPSA) is 76.8 Å². The molecule has 3 N–H and O–H groups in total. The molecule has 0 atom stereocenters. The summed E-state index contributed by atoms with van der Waals surface area (Å²) >= 11 is 0. The fourth-order valence-electron chi connectivity index (χ4n) is 1.88. The van der Waals surface area contributed by atoms with Crippen molar-refractivity contribution in [2.24, 2.45) is 0 Å². The van der Waals surface area contributed by atoms with Gasteiger partial charge in [-0.05, 0) is 18.2 Å². The Balaban J connectivity index is 2.19. The van der Waals surface area contributed by atoms with Gasteiger partial charge in [0.25, 0.3) is 0 Å². The van der Waals surface area contributed by atoms with Crippen LogP contribution in [0, 0.1) is 0 Å². The van der Waals surface area contributed by atoms with Crippen LogP contribution in [-0.2, 0) is 0 Å². The molecule has 0 fully saturated rings. The number of para-hydroxylation sites is 1. The zero-order valence-electron chi connectivity index (χ0n) is 9.84. The number of benzene rings is 1. The van der Waals surface area contributed by atoms with Crippen LogP contribution < -0.4 is 10.5 Å². The second-order valence-electron chi connectivity index (χ2n) is 3.93. The number of H-pyrrole nitrogens is 1. The van der Waals surface area contributed by atoms with Gasteiger partial charge in [0.05, 0.1) is 30.1 Å². The minimum absolute atomic E-state index is 0.609. The number of nitrogen functional groups attached to an aromatic ring is 1. The first-order chi connectivity index (χ1) is 8.78. The summed E-state index contributed by atoms with van der Waals surface area (Å²) in [6.45, 7) is 0. The SMILES string of the molecule is COc1ccccc1-c1nc2ncc(N)cc2[nH]1. The second kappa shape index (κ2) is 4.03. The van der Waals surface area contributed by atoms with Gasteiger partial charge in [-0.15, -0.1) is 0 Å². The van der Waals surface area contributed by atoms with Gasteiger partial charge in [0.2, 0.25) is 0 Å². The number of nitrogens with one attached hydrogen (secondary N) is 1. The molecule has 0 bridgehead atoms. The summed E-state index contributed by atoms with van der Waals surface area (Å²) in [5.74, 6) is 1.49. The molecule has 5 nitrogen and oxygen atoms in total. The molecule has 2 heterocycles. The Morgan fingerprint density at radius 1 is 1.28 bits per heavy atom. The molecule has 3 rings (SSSR count). The number of hydrogen-bond acceptors (Lipinski definition) is 4. The molecule has 5 heteroatoms. The maximum Gasteiger partial charge on any atom is 0.178 e. The average molecular weight is 240 g/mol. The fourth-order valence-corrected chi connectivity index (χ4v) is 1.88. The maximum atomic E-state index is 5.69. The minimum Gasteiger partial charge on any atom is -0.496 e. The lowest BCUT2D eigenvalue weighted by Gasteiger charge is -2.04. The predicted molar refractivity (Wildman–Crippen MR) is 70.3 cm³/mol. The molecule has 90 valence electrons. The molecule has 0 aliphatic heterocycles. The second-order valence-corrected chi connectivity index (χ2v) is 3.93. The Kier molecular flexibility index (Phi) is 2.37. The highest BCUT2D eigenvalue weighted by atomic mass is 16.5. The summed E-state index contributed by atoms with van der Waals surface area (Å²) in [4.78, 5) is 11.8. The van der Waals surface area contributed by atoms with Crippen LogP contribution >= 0.6 is 0 Å². The van der Waals surface area contributed by atoms with Crippen molar-refractivity contribution in [3.8, 4) is 17.1 Å². The first-order valence-corrected chi connectivity index (χ1v) is 5.52. The third-order valence-electron chi connectivity index (χ3n) is 2.72. The molecule has 0 aliphatic carbocycles. The van der Waals surface area contributed by atoms with Crippen LogP contribution in [0.4, 0.5) is 5.69 Å². The number of aromatic nitrogens is 3. The van der Waals surface area contributed by atoms with Gasteiger partial charge in [-0.2, -0.15) is 0 Å². The van der Waals surface area contributed by atoms with E-state index in [-0.39, 0.29) is 0 Å². The fraction of sp³-hybridized carbons (Fsp3) is 0.0769. The number of anilines is 1. The number of pyridine rings is 1. The van der Waals surface area contributed by atoms with Crippen molar-refractivity contribution in [2.75, 3.05) is 12.8 Å². The minimum atomic E-state index is 0.609. The molecule has 0 aliphatic rings. The van der Waals surface area contributed by atoms with Gasteiger partial charge in [-0.3, -0.25) is 0 Å². The molecular formula is C13H12N4O. The van der Waals surface area contributed by atoms with Gasteiger partial charge in [-0.25, -0.2) is 9.97 Å². The molecule has 3 aromatic rings. The van der Waals surface area contributed by atoms with Gasteiger partial charge in [0.1, 0.15) is 11.6 Å². The van der Waals surface area contributed by atoms with E-state index < -0.39 is 0 Å². The number of fused-ring (bicyclic) bond motifs is 1. The Morgan fingerprint density at radius 3 is 2.94 bits per heavy atom. The summed E-state index contributed by atoms with van der Waals surface area (Å²) in [6.07, 6.45) is 1.59. The van der Waals surface area contributed by atoms with Gasteiger partial charge in [0.15, 0.2) is 5.65 Å². The molecule has 2 aromatic heterocycles. The van der Waals surface area contributed by atoms with Crippen LogP contribution in [0.1, 0.15) is 0 Å². The van der Waals surface area contributed by atoms with Crippen LogP contribution in [-0.4, -0.2) is 22.1 Å². The van der Waals surface area contributed by atoms with Crippen molar-refractivity contribution in [2.45, 2.75) is 0 Å². The lowest BCUT2D eigenvalue weighted by molar-refractivity contribution is 0.416. The number of nitrogens with two attached hydrogens (primary N) is 1. The molecule has 0 amide bonds. The molecule has 0 spiro atoms. The lowest BCUT2D eigenvalue weighted by atomic mass is 10.2. The van der Waals surface area contributed by atoms with Crippen LogP contribution in [0.25, 0.3) is 22.6 Å². The first-order valence-electron chi connectivity index (χ1n) is 5.52. The van der Waals surface area contributed by atoms with Crippen molar-refractivity contribution in [3.63, 3.8) is 0 Å². The van der Waals surface area contributed by atoms with Crippen LogP contribution in [0.15, 0.2) is 36.5 Å². The van der Waals surface area contributed by atoms with Crippen molar-refractivity contribution < 1.29 is 4.74 Å². The van der Waals surface area contributed by atoms with E-state index in [9.17, 15) is 0 Å². The monoisotopic (exact) mass is 240 g/mol. The molecule has 0 unspecified atom stereocenters. The van der Waals surface area contributed by atoms with E-state index in [2.05, 4.69) is 15.0 Å². The van der Waals surface area contributed by atoms with Gasteiger partial charge in [-0.1, -0.05) is 12.1 Å². The predicted octanol–water partition coefficient (Wildman–Crippen LogP) is 2.22. The summed E-state index contributed by atoms with van der Waals surface area (Å²) in [6, 6.07) is 9.51. The molecule has 1 aromatic carbocycles. The van der Waals surface area contributed by atoms with Crippen LogP contribution in [0.5, 0.6) is 5.75 Å². The summed E-state index contributed by atoms with van der Waals surface area (Å²) in [7, 11) is 1.64. The highest BCUT2D eigenvalue weighted by Crippen LogP contribution is 2.28. The van der Waals surface area contributed by atoms with Crippen LogP contribution in [0.3, 0.4) is 0 Å². The molecule has 18 heavy (non-hydrogen) atoms. The van der Waals surface area contributed by atoms with Crippen molar-refractivity contribution in [1.29, 1.82) is 0 Å². The number of hydrogen-bond donors (Lipinski definition) is 2. The van der Waals surface area contributed by atoms with Crippen molar-refractivity contribution >= 4 is 16.9 Å². The van der Waals surface area contributed by atoms with E-state index in [1.165, 1.54) is 0 Å². The third-order valence-corrected chi connectivity index (χ3v) is 2.72. The molecule has 0 saturated heterocycles. The maximum absolute atomic E-state index is 5.69. The Hall–Kier alpha value is -2.56. The largest absolute Gasteiger partial charge is 0.496 e. The van der Waals surface area contributed by atoms with E-state index in [1.54, 1.807) is 13.3 Å². The van der Waals surface area contributed by atoms with E-state index >= 15 is 0 Å². The molecular weight excluding hydrogens is 228 g/mol. The molecule has 0 saturated carbocycles. The molecule has 0 radical (unpaired) electrons. The smallest absolute Gasteiger partial charge is 0.178 e. The lowest BCUT2D eigenvalue weighted by Crippen LogP contribution is -1.88. The van der Waals surface area contributed by atoms with Crippen LogP contribution in [0.2, 0.25) is 0 Å². The van der Waals surface area contributed by atoms with E-state index in [0.29, 0.717) is 11.3 Å². The van der Waals surface area contributed by atoms with Crippen molar-refractivity contribution in [1.82, 2.24) is 15.0 Å². The average Bonchev–Trinajstić information content (AvgIpc) is 2.81. The summed E-state index contributed by atoms with van der Waals surface area (Å²) in [5.41, 5.74) is 8.66. The van der Waals surface area contributed by atoms with E-state index in [0.717, 1.165) is 22.7 Å². The number of methoxy groups -OCH3 is 1. The Labute approximate surface area is 104 Å². The Bertz CT molecular complexity index is 705. The number of imidazole rings is 1. The third kappa shape index (κ3) is 1.66. The van der Waals surface area contributed by atoms with Gasteiger partial charge in [0, 0.05) is 0 Å². The summed E-state index contributed by atoms with van der Waals surface area (Å²) < 4.78 is 5.31. The summed E-state index contributed by atoms with van der Waals surface area (Å²) in [5, 5.41) is 0. The van der Waals surface area contributed by atoms with Gasteiger partial charge < -0.3 is 15.5 Å².